The van der Waals surface area contributed by atoms with Gasteiger partial charge in [0.15, 0.2) is 0 Å². The second-order valence-corrected chi connectivity index (χ2v) is 6.48. The number of aryl methyl sites for hydroxylation is 2. The van der Waals surface area contributed by atoms with E-state index < -0.39 is 5.91 Å². The molecule has 2 aromatic rings. The Hall–Kier alpha value is -2.34. The minimum absolute atomic E-state index is 0.369. The van der Waals surface area contributed by atoms with Crippen LogP contribution in [-0.4, -0.2) is 11.9 Å². The molecule has 1 aromatic carbocycles. The van der Waals surface area contributed by atoms with E-state index in [2.05, 4.69) is 10.6 Å². The molecule has 0 fully saturated rings. The third-order valence-electron chi connectivity index (χ3n) is 3.70. The van der Waals surface area contributed by atoms with E-state index in [1.165, 1.54) is 11.3 Å². The number of primary amides is 1. The molecule has 4 N–H and O–H groups in total. The Morgan fingerprint density at radius 1 is 1.14 bits per heavy atom. The highest BCUT2D eigenvalue weighted by Crippen LogP contribution is 2.38. The molecule has 0 radical (unpaired) electrons. The molecule has 0 atom stereocenters. The van der Waals surface area contributed by atoms with Gasteiger partial charge >= 0.3 is 6.03 Å². The number of benzene rings is 1. The molecule has 3 amide bonds. The molecule has 1 aliphatic carbocycles. The molecule has 1 heterocycles. The summed E-state index contributed by atoms with van der Waals surface area (Å²) in [6.07, 6.45) is 2.84. The number of fused-ring (bicyclic) bond motifs is 1. The third-order valence-corrected chi connectivity index (χ3v) is 4.91. The van der Waals surface area contributed by atoms with Gasteiger partial charge in [0.25, 0.3) is 5.91 Å². The van der Waals surface area contributed by atoms with Crippen molar-refractivity contribution in [3.05, 3.63) is 45.8 Å². The normalized spacial score (nSPS) is 12.8. The smallest absolute Gasteiger partial charge is 0.324 e. The van der Waals surface area contributed by atoms with Gasteiger partial charge in [-0.1, -0.05) is 17.7 Å². The van der Waals surface area contributed by atoms with Gasteiger partial charge < -0.3 is 11.1 Å². The van der Waals surface area contributed by atoms with E-state index in [-0.39, 0.29) is 6.03 Å². The number of amides is 3. The van der Waals surface area contributed by atoms with Crippen LogP contribution in [0, 0.1) is 6.92 Å². The Balaban J connectivity index is 1.77. The number of hydrogen-bond acceptors (Lipinski definition) is 3. The molecule has 5 nitrogen and oxygen atoms in total. The Labute approximate surface area is 132 Å². The summed E-state index contributed by atoms with van der Waals surface area (Å²) in [6.45, 7) is 1.98. The van der Waals surface area contributed by atoms with Gasteiger partial charge in [-0.05, 0) is 43.9 Å². The van der Waals surface area contributed by atoms with E-state index in [4.69, 9.17) is 5.73 Å². The average Bonchev–Trinajstić information content (AvgIpc) is 3.01. The van der Waals surface area contributed by atoms with E-state index in [1.54, 1.807) is 0 Å². The Kier molecular flexibility index (Phi) is 3.85. The summed E-state index contributed by atoms with van der Waals surface area (Å²) in [7, 11) is 0. The number of rotatable bonds is 3. The molecule has 0 bridgehead atoms. The van der Waals surface area contributed by atoms with Crippen LogP contribution in [0.3, 0.4) is 0 Å². The summed E-state index contributed by atoms with van der Waals surface area (Å²) in [6, 6.07) is 7.14. The Morgan fingerprint density at radius 3 is 2.55 bits per heavy atom. The van der Waals surface area contributed by atoms with Crippen LogP contribution in [0.15, 0.2) is 24.3 Å². The molecule has 0 aliphatic heterocycles. The van der Waals surface area contributed by atoms with Crippen molar-refractivity contribution in [2.75, 3.05) is 10.6 Å². The van der Waals surface area contributed by atoms with Crippen LogP contribution in [0.5, 0.6) is 0 Å². The van der Waals surface area contributed by atoms with Crippen molar-refractivity contribution < 1.29 is 9.59 Å². The van der Waals surface area contributed by atoms with E-state index in [1.807, 2.05) is 31.2 Å². The first-order chi connectivity index (χ1) is 10.5. The number of nitrogens with one attached hydrogen (secondary N) is 2. The predicted molar refractivity (Wildman–Crippen MR) is 88.7 cm³/mol. The lowest BCUT2D eigenvalue weighted by molar-refractivity contribution is 0.100. The molecule has 0 saturated carbocycles. The van der Waals surface area contributed by atoms with Crippen molar-refractivity contribution in [3.8, 4) is 0 Å². The van der Waals surface area contributed by atoms with Crippen molar-refractivity contribution in [2.24, 2.45) is 5.73 Å². The first-order valence-corrected chi connectivity index (χ1v) is 7.95. The highest BCUT2D eigenvalue weighted by molar-refractivity contribution is 7.17. The Morgan fingerprint density at radius 2 is 1.86 bits per heavy atom. The van der Waals surface area contributed by atoms with Crippen LogP contribution in [0.2, 0.25) is 0 Å². The molecule has 1 aromatic heterocycles. The molecule has 0 unspecified atom stereocenters. The van der Waals surface area contributed by atoms with Gasteiger partial charge in [-0.25, -0.2) is 4.79 Å². The highest BCUT2D eigenvalue weighted by atomic mass is 32.1. The summed E-state index contributed by atoms with van der Waals surface area (Å²) < 4.78 is 0. The van der Waals surface area contributed by atoms with E-state index >= 15 is 0 Å². The van der Waals surface area contributed by atoms with Crippen LogP contribution in [0.4, 0.5) is 15.5 Å². The van der Waals surface area contributed by atoms with Crippen molar-refractivity contribution in [3.63, 3.8) is 0 Å². The maximum absolute atomic E-state index is 12.1. The van der Waals surface area contributed by atoms with Crippen LogP contribution < -0.4 is 16.4 Å². The van der Waals surface area contributed by atoms with Crippen molar-refractivity contribution >= 4 is 34.0 Å². The fourth-order valence-corrected chi connectivity index (χ4v) is 3.95. The predicted octanol–water partition coefficient (Wildman–Crippen LogP) is 3.29. The van der Waals surface area contributed by atoms with Crippen LogP contribution in [-0.2, 0) is 12.8 Å². The molecular weight excluding hydrogens is 298 g/mol. The maximum atomic E-state index is 12.1. The van der Waals surface area contributed by atoms with Gasteiger partial charge in [0.2, 0.25) is 0 Å². The quantitative estimate of drug-likeness (QED) is 0.812. The zero-order valence-electron chi connectivity index (χ0n) is 12.2. The summed E-state index contributed by atoms with van der Waals surface area (Å²) in [4.78, 5) is 24.9. The van der Waals surface area contributed by atoms with Gasteiger partial charge in [0.1, 0.15) is 5.00 Å². The SMILES string of the molecule is Cc1ccc(NC(=O)Nc2sc3c(c2C(N)=O)CCC3)cc1. The molecule has 22 heavy (non-hydrogen) atoms. The minimum atomic E-state index is -0.481. The molecule has 3 rings (SSSR count). The third kappa shape index (κ3) is 2.82. The summed E-state index contributed by atoms with van der Waals surface area (Å²) in [5, 5.41) is 6.05. The first kappa shape index (κ1) is 14.6. The standard InChI is InChI=1S/C16H17N3O2S/c1-9-5-7-10(8-6-9)18-16(21)19-15-13(14(17)20)11-3-2-4-12(11)22-15/h5-8H,2-4H2,1H3,(H2,17,20)(H2,18,19,21). The molecule has 0 saturated heterocycles. The van der Waals surface area contributed by atoms with Crippen molar-refractivity contribution in [2.45, 2.75) is 26.2 Å². The van der Waals surface area contributed by atoms with Crippen molar-refractivity contribution in [1.29, 1.82) is 0 Å². The van der Waals surface area contributed by atoms with E-state index in [0.29, 0.717) is 16.3 Å². The Bertz CT molecular complexity index is 735. The lowest BCUT2D eigenvalue weighted by Gasteiger charge is -2.08. The topological polar surface area (TPSA) is 84.2 Å². The molecule has 6 heteroatoms. The number of carbonyl (C=O) groups is 2. The zero-order valence-corrected chi connectivity index (χ0v) is 13.0. The second kappa shape index (κ2) is 5.81. The monoisotopic (exact) mass is 315 g/mol. The van der Waals surface area contributed by atoms with Gasteiger partial charge in [0, 0.05) is 10.6 Å². The lowest BCUT2D eigenvalue weighted by Crippen LogP contribution is -2.21. The second-order valence-electron chi connectivity index (χ2n) is 5.37. The number of urea groups is 1. The number of carbonyl (C=O) groups excluding carboxylic acids is 2. The number of thiophene rings is 1. The summed E-state index contributed by atoms with van der Waals surface area (Å²) in [5.41, 5.74) is 8.77. The average molecular weight is 315 g/mol. The summed E-state index contributed by atoms with van der Waals surface area (Å²) >= 11 is 1.45. The lowest BCUT2D eigenvalue weighted by atomic mass is 10.1. The molecule has 1 aliphatic rings. The van der Waals surface area contributed by atoms with Gasteiger partial charge in [-0.3, -0.25) is 10.1 Å². The number of hydrogen-bond donors (Lipinski definition) is 3. The number of anilines is 2. The fraction of sp³-hybridized carbons (Fsp3) is 0.250. The largest absolute Gasteiger partial charge is 0.365 e. The number of nitrogens with two attached hydrogens (primary N) is 1. The highest BCUT2D eigenvalue weighted by Gasteiger charge is 2.26. The van der Waals surface area contributed by atoms with Crippen LogP contribution in [0.1, 0.15) is 32.8 Å². The van der Waals surface area contributed by atoms with Gasteiger partial charge in [-0.15, -0.1) is 11.3 Å². The van der Waals surface area contributed by atoms with Gasteiger partial charge in [-0.2, -0.15) is 0 Å². The van der Waals surface area contributed by atoms with Crippen LogP contribution in [0.25, 0.3) is 0 Å². The molecular formula is C16H17N3O2S. The first-order valence-electron chi connectivity index (χ1n) is 7.13. The molecule has 0 spiro atoms. The van der Waals surface area contributed by atoms with Crippen molar-refractivity contribution in [1.82, 2.24) is 0 Å². The maximum Gasteiger partial charge on any atom is 0.324 e. The van der Waals surface area contributed by atoms with E-state index in [9.17, 15) is 9.59 Å². The molecule has 114 valence electrons. The minimum Gasteiger partial charge on any atom is -0.365 e. The van der Waals surface area contributed by atoms with Crippen LogP contribution >= 0.6 is 11.3 Å². The summed E-state index contributed by atoms with van der Waals surface area (Å²) in [5.74, 6) is -0.481. The fourth-order valence-electron chi connectivity index (χ4n) is 2.66. The van der Waals surface area contributed by atoms with E-state index in [0.717, 1.165) is 35.3 Å². The zero-order chi connectivity index (χ0) is 15.7. The van der Waals surface area contributed by atoms with Gasteiger partial charge in [0.05, 0.1) is 5.56 Å².